The van der Waals surface area contributed by atoms with E-state index >= 15 is 0 Å². The van der Waals surface area contributed by atoms with E-state index in [9.17, 15) is 5.11 Å². The Kier molecular flexibility index (Phi) is 6.96. The van der Waals surface area contributed by atoms with Gasteiger partial charge in [-0.3, -0.25) is 4.68 Å². The second-order valence-corrected chi connectivity index (χ2v) is 8.31. The van der Waals surface area contributed by atoms with Gasteiger partial charge < -0.3 is 5.11 Å². The van der Waals surface area contributed by atoms with Crippen LogP contribution in [-0.2, 0) is 6.42 Å². The van der Waals surface area contributed by atoms with Gasteiger partial charge >= 0.3 is 0 Å². The Morgan fingerprint density at radius 2 is 2.00 bits per heavy atom. The molecule has 1 fully saturated rings. The molecule has 1 saturated heterocycles. The molecule has 0 bridgehead atoms. The Labute approximate surface area is 137 Å². The maximum atomic E-state index is 10.6. The summed E-state index contributed by atoms with van der Waals surface area (Å²) in [6.07, 6.45) is 5.82. The summed E-state index contributed by atoms with van der Waals surface area (Å²) >= 11 is 3.96. The summed E-state index contributed by atoms with van der Waals surface area (Å²) in [7, 11) is 0. The number of hydrogen-bond donors (Lipinski definition) is 1. The highest BCUT2D eigenvalue weighted by Gasteiger charge is 2.31. The van der Waals surface area contributed by atoms with Crippen LogP contribution in [0.3, 0.4) is 0 Å². The molecule has 1 aliphatic heterocycles. The van der Waals surface area contributed by atoms with Crippen molar-refractivity contribution in [2.75, 3.05) is 11.5 Å². The quantitative estimate of drug-likeness (QED) is 0.827. The van der Waals surface area contributed by atoms with Crippen LogP contribution in [0, 0.1) is 0 Å². The first kappa shape index (κ1) is 17.2. The Hall–Kier alpha value is -0.130. The van der Waals surface area contributed by atoms with Crippen LogP contribution in [0.5, 0.6) is 0 Å². The molecule has 3 nitrogen and oxygen atoms in total. The predicted molar refractivity (Wildman–Crippen MR) is 94.3 cm³/mol. The standard InChI is InChI=1S/C16H28N2OS2/c1-4-13(5-2)18-8-7-12(17-18)11-14(19)16-15(6-3)20-9-10-21-16/h7-8,13-16,19H,4-6,9-11H2,1-3H3. The number of aliphatic hydroxyl groups excluding tert-OH is 1. The molecule has 2 heterocycles. The molecule has 3 unspecified atom stereocenters. The van der Waals surface area contributed by atoms with Crippen LogP contribution in [-0.4, -0.2) is 43.0 Å². The van der Waals surface area contributed by atoms with Crippen molar-refractivity contribution in [3.8, 4) is 0 Å². The van der Waals surface area contributed by atoms with Crippen LogP contribution >= 0.6 is 23.5 Å². The molecule has 1 aromatic heterocycles. The second-order valence-electron chi connectivity index (χ2n) is 5.68. The Morgan fingerprint density at radius 3 is 2.67 bits per heavy atom. The molecule has 0 saturated carbocycles. The van der Waals surface area contributed by atoms with E-state index in [0.717, 1.165) is 30.7 Å². The topological polar surface area (TPSA) is 38.0 Å². The van der Waals surface area contributed by atoms with Gasteiger partial charge in [0.1, 0.15) is 0 Å². The molecule has 1 aromatic rings. The maximum absolute atomic E-state index is 10.6. The van der Waals surface area contributed by atoms with Crippen LogP contribution < -0.4 is 0 Å². The van der Waals surface area contributed by atoms with E-state index < -0.39 is 0 Å². The van der Waals surface area contributed by atoms with Gasteiger partial charge in [-0.15, -0.1) is 0 Å². The summed E-state index contributed by atoms with van der Waals surface area (Å²) in [5.74, 6) is 2.38. The third-order valence-corrected chi connectivity index (χ3v) is 7.66. The minimum atomic E-state index is -0.280. The Bertz CT molecular complexity index is 420. The van der Waals surface area contributed by atoms with E-state index in [2.05, 4.69) is 42.8 Å². The fourth-order valence-corrected chi connectivity index (χ4v) is 6.13. The normalized spacial score (nSPS) is 24.4. The first-order valence-electron chi connectivity index (χ1n) is 8.14. The highest BCUT2D eigenvalue weighted by molar-refractivity contribution is 8.07. The predicted octanol–water partition coefficient (Wildman–Crippen LogP) is 3.77. The van der Waals surface area contributed by atoms with Gasteiger partial charge in [0.25, 0.3) is 0 Å². The summed E-state index contributed by atoms with van der Waals surface area (Å²) in [5.41, 5.74) is 1.03. The highest BCUT2D eigenvalue weighted by Crippen LogP contribution is 2.35. The lowest BCUT2D eigenvalue weighted by molar-refractivity contribution is 0.168. The average molecular weight is 329 g/mol. The fourth-order valence-electron chi connectivity index (χ4n) is 2.98. The van der Waals surface area contributed by atoms with Crippen molar-refractivity contribution < 1.29 is 5.11 Å². The maximum Gasteiger partial charge on any atom is 0.0725 e. The Balaban J connectivity index is 1.97. The average Bonchev–Trinajstić information content (AvgIpc) is 2.96. The third-order valence-electron chi connectivity index (χ3n) is 4.27. The van der Waals surface area contributed by atoms with Gasteiger partial charge in [-0.2, -0.15) is 28.6 Å². The first-order chi connectivity index (χ1) is 10.2. The van der Waals surface area contributed by atoms with E-state index in [0.29, 0.717) is 23.0 Å². The van der Waals surface area contributed by atoms with Gasteiger partial charge in [0.2, 0.25) is 0 Å². The molecular weight excluding hydrogens is 300 g/mol. The van der Waals surface area contributed by atoms with Gasteiger partial charge in [0.15, 0.2) is 0 Å². The van der Waals surface area contributed by atoms with Crippen molar-refractivity contribution in [3.05, 3.63) is 18.0 Å². The van der Waals surface area contributed by atoms with E-state index in [1.807, 2.05) is 23.5 Å². The number of aliphatic hydroxyl groups is 1. The second kappa shape index (κ2) is 8.49. The summed E-state index contributed by atoms with van der Waals surface area (Å²) in [6, 6.07) is 2.56. The van der Waals surface area contributed by atoms with Crippen molar-refractivity contribution in [3.63, 3.8) is 0 Å². The number of rotatable bonds is 7. The third kappa shape index (κ3) is 4.42. The van der Waals surface area contributed by atoms with E-state index in [-0.39, 0.29) is 6.10 Å². The highest BCUT2D eigenvalue weighted by atomic mass is 32.2. The summed E-state index contributed by atoms with van der Waals surface area (Å²) in [5, 5.41) is 16.2. The summed E-state index contributed by atoms with van der Waals surface area (Å²) in [6.45, 7) is 6.63. The number of thioether (sulfide) groups is 2. The minimum Gasteiger partial charge on any atom is -0.392 e. The molecule has 3 atom stereocenters. The van der Waals surface area contributed by atoms with Crippen molar-refractivity contribution in [1.29, 1.82) is 0 Å². The van der Waals surface area contributed by atoms with Crippen LogP contribution in [0.15, 0.2) is 12.3 Å². The lowest BCUT2D eigenvalue weighted by atomic mass is 10.1. The van der Waals surface area contributed by atoms with Crippen LogP contribution in [0.1, 0.15) is 51.8 Å². The number of aromatic nitrogens is 2. The molecule has 0 radical (unpaired) electrons. The van der Waals surface area contributed by atoms with E-state index in [1.54, 1.807) is 0 Å². The van der Waals surface area contributed by atoms with Gasteiger partial charge in [0, 0.05) is 34.6 Å². The monoisotopic (exact) mass is 328 g/mol. The minimum absolute atomic E-state index is 0.280. The molecule has 0 aromatic carbocycles. The van der Waals surface area contributed by atoms with Crippen LogP contribution in [0.25, 0.3) is 0 Å². The SMILES string of the molecule is CCC1SCCSC1C(O)Cc1ccn(C(CC)CC)n1. The molecule has 1 N–H and O–H groups in total. The lowest BCUT2D eigenvalue weighted by Crippen LogP contribution is -2.37. The summed E-state index contributed by atoms with van der Waals surface area (Å²) in [4.78, 5) is 0. The van der Waals surface area contributed by atoms with Gasteiger partial charge in [0.05, 0.1) is 17.8 Å². The fraction of sp³-hybridized carbons (Fsp3) is 0.812. The zero-order valence-electron chi connectivity index (χ0n) is 13.4. The molecule has 21 heavy (non-hydrogen) atoms. The van der Waals surface area contributed by atoms with Crippen LogP contribution in [0.2, 0.25) is 0 Å². The number of nitrogens with zero attached hydrogens (tertiary/aromatic N) is 2. The van der Waals surface area contributed by atoms with Crippen molar-refractivity contribution in [2.24, 2.45) is 0 Å². The van der Waals surface area contributed by atoms with Gasteiger partial charge in [-0.1, -0.05) is 20.8 Å². The van der Waals surface area contributed by atoms with Crippen molar-refractivity contribution >= 4 is 23.5 Å². The van der Waals surface area contributed by atoms with Crippen LogP contribution in [0.4, 0.5) is 0 Å². The lowest BCUT2D eigenvalue weighted by Gasteiger charge is -2.33. The van der Waals surface area contributed by atoms with Gasteiger partial charge in [-0.25, -0.2) is 0 Å². The zero-order chi connectivity index (χ0) is 15.2. The molecule has 0 amide bonds. The molecule has 2 rings (SSSR count). The largest absolute Gasteiger partial charge is 0.392 e. The molecular formula is C16H28N2OS2. The van der Waals surface area contributed by atoms with E-state index in [1.165, 1.54) is 5.75 Å². The Morgan fingerprint density at radius 1 is 1.29 bits per heavy atom. The smallest absolute Gasteiger partial charge is 0.0725 e. The molecule has 0 spiro atoms. The molecule has 5 heteroatoms. The summed E-state index contributed by atoms with van der Waals surface area (Å²) < 4.78 is 2.07. The molecule has 0 aliphatic carbocycles. The zero-order valence-corrected chi connectivity index (χ0v) is 15.0. The number of hydrogen-bond acceptors (Lipinski definition) is 4. The van der Waals surface area contributed by atoms with Gasteiger partial charge in [-0.05, 0) is 25.3 Å². The molecule has 120 valence electrons. The first-order valence-corrected chi connectivity index (χ1v) is 10.2. The van der Waals surface area contributed by atoms with Crippen molar-refractivity contribution in [2.45, 2.75) is 69.1 Å². The molecule has 1 aliphatic rings. The van der Waals surface area contributed by atoms with E-state index in [4.69, 9.17) is 0 Å². The van der Waals surface area contributed by atoms with Crippen molar-refractivity contribution in [1.82, 2.24) is 9.78 Å².